The van der Waals surface area contributed by atoms with E-state index in [4.69, 9.17) is 9.47 Å². The van der Waals surface area contributed by atoms with Crippen LogP contribution in [0.2, 0.25) is 0 Å². The molecule has 1 fully saturated rings. The number of nitrogens with zero attached hydrogens (tertiary/aromatic N) is 1. The van der Waals surface area contributed by atoms with Gasteiger partial charge in [-0.3, -0.25) is 9.59 Å². The highest BCUT2D eigenvalue weighted by Gasteiger charge is 2.23. The van der Waals surface area contributed by atoms with Crippen molar-refractivity contribution in [2.75, 3.05) is 37.1 Å². The van der Waals surface area contributed by atoms with Gasteiger partial charge in [0.2, 0.25) is 11.8 Å². The van der Waals surface area contributed by atoms with Crippen molar-refractivity contribution < 1.29 is 19.1 Å². The van der Waals surface area contributed by atoms with Crippen molar-refractivity contribution in [3.05, 3.63) is 18.2 Å². The van der Waals surface area contributed by atoms with Gasteiger partial charge in [0.05, 0.1) is 12.8 Å². The summed E-state index contributed by atoms with van der Waals surface area (Å²) >= 11 is 0. The average molecular weight is 306 g/mol. The van der Waals surface area contributed by atoms with Crippen LogP contribution in [-0.2, 0) is 14.3 Å². The van der Waals surface area contributed by atoms with Gasteiger partial charge in [-0.25, -0.2) is 0 Å². The standard InChI is InChI=1S/C16H22N2O4/c1-3-22-11-15(19)17-12-7-8-14(21-2)13(10-12)18-9-5-4-6-16(18)20/h7-8,10H,3-6,9,11H2,1-2H3,(H,17,19). The third-order valence-corrected chi connectivity index (χ3v) is 3.51. The van der Waals surface area contributed by atoms with E-state index in [2.05, 4.69) is 5.32 Å². The first-order chi connectivity index (χ1) is 10.7. The molecule has 22 heavy (non-hydrogen) atoms. The molecule has 0 unspecified atom stereocenters. The summed E-state index contributed by atoms with van der Waals surface area (Å²) in [5.41, 5.74) is 1.32. The average Bonchev–Trinajstić information content (AvgIpc) is 2.53. The second kappa shape index (κ2) is 7.79. The van der Waals surface area contributed by atoms with Gasteiger partial charge in [-0.1, -0.05) is 0 Å². The molecule has 0 bridgehead atoms. The molecule has 6 heteroatoms. The van der Waals surface area contributed by atoms with Crippen LogP contribution >= 0.6 is 0 Å². The van der Waals surface area contributed by atoms with Gasteiger partial charge in [-0.15, -0.1) is 0 Å². The molecule has 0 atom stereocenters. The second-order valence-electron chi connectivity index (χ2n) is 5.07. The van der Waals surface area contributed by atoms with Crippen LogP contribution in [0, 0.1) is 0 Å². The number of anilines is 2. The van der Waals surface area contributed by atoms with E-state index in [1.807, 2.05) is 6.92 Å². The molecular formula is C16H22N2O4. The van der Waals surface area contributed by atoms with Gasteiger partial charge < -0.3 is 19.7 Å². The summed E-state index contributed by atoms with van der Waals surface area (Å²) in [6, 6.07) is 5.28. The van der Waals surface area contributed by atoms with Gasteiger partial charge in [0.1, 0.15) is 12.4 Å². The van der Waals surface area contributed by atoms with Crippen LogP contribution in [0.15, 0.2) is 18.2 Å². The molecule has 120 valence electrons. The number of carbonyl (C=O) groups excluding carboxylic acids is 2. The van der Waals surface area contributed by atoms with E-state index >= 15 is 0 Å². The highest BCUT2D eigenvalue weighted by Crippen LogP contribution is 2.33. The quantitative estimate of drug-likeness (QED) is 0.875. The monoisotopic (exact) mass is 306 g/mol. The van der Waals surface area contributed by atoms with E-state index in [1.54, 1.807) is 30.2 Å². The summed E-state index contributed by atoms with van der Waals surface area (Å²) in [5, 5.41) is 2.76. The molecule has 2 amide bonds. The number of amides is 2. The zero-order valence-corrected chi connectivity index (χ0v) is 13.1. The molecule has 1 aromatic carbocycles. The zero-order valence-electron chi connectivity index (χ0n) is 13.1. The van der Waals surface area contributed by atoms with Gasteiger partial charge >= 0.3 is 0 Å². The first-order valence-corrected chi connectivity index (χ1v) is 7.51. The molecule has 0 spiro atoms. The van der Waals surface area contributed by atoms with E-state index in [0.717, 1.165) is 12.8 Å². The molecule has 0 radical (unpaired) electrons. The highest BCUT2D eigenvalue weighted by atomic mass is 16.5. The molecule has 1 aliphatic rings. The Morgan fingerprint density at radius 3 is 2.86 bits per heavy atom. The number of benzene rings is 1. The number of carbonyl (C=O) groups is 2. The van der Waals surface area contributed by atoms with Crippen LogP contribution in [0.25, 0.3) is 0 Å². The number of hydrogen-bond donors (Lipinski definition) is 1. The van der Waals surface area contributed by atoms with Crippen molar-refractivity contribution in [2.24, 2.45) is 0 Å². The minimum absolute atomic E-state index is 0.0144. The van der Waals surface area contributed by atoms with Gasteiger partial charge in [0.25, 0.3) is 0 Å². The van der Waals surface area contributed by atoms with Crippen LogP contribution < -0.4 is 15.0 Å². The van der Waals surface area contributed by atoms with Crippen molar-refractivity contribution in [3.63, 3.8) is 0 Å². The molecule has 1 aliphatic heterocycles. The zero-order chi connectivity index (χ0) is 15.9. The lowest BCUT2D eigenvalue weighted by atomic mass is 10.1. The Hall–Kier alpha value is -2.08. The number of nitrogens with one attached hydrogen (secondary N) is 1. The first kappa shape index (κ1) is 16.3. The summed E-state index contributed by atoms with van der Waals surface area (Å²) in [5.74, 6) is 0.489. The number of piperidine rings is 1. The third-order valence-electron chi connectivity index (χ3n) is 3.51. The molecule has 0 aromatic heterocycles. The summed E-state index contributed by atoms with van der Waals surface area (Å²) < 4.78 is 10.4. The summed E-state index contributed by atoms with van der Waals surface area (Å²) in [4.78, 5) is 25.6. The van der Waals surface area contributed by atoms with Crippen molar-refractivity contribution >= 4 is 23.2 Å². The summed E-state index contributed by atoms with van der Waals surface area (Å²) in [7, 11) is 1.57. The fraction of sp³-hybridized carbons (Fsp3) is 0.500. The Kier molecular flexibility index (Phi) is 5.77. The van der Waals surface area contributed by atoms with Crippen LogP contribution in [0.1, 0.15) is 26.2 Å². The minimum Gasteiger partial charge on any atom is -0.495 e. The predicted octanol–water partition coefficient (Wildman–Crippen LogP) is 2.19. The smallest absolute Gasteiger partial charge is 0.250 e. The maximum atomic E-state index is 12.1. The maximum absolute atomic E-state index is 12.1. The van der Waals surface area contributed by atoms with Crippen LogP contribution in [-0.4, -0.2) is 38.7 Å². The Balaban J connectivity index is 2.18. The second-order valence-corrected chi connectivity index (χ2v) is 5.07. The van der Waals surface area contributed by atoms with E-state index < -0.39 is 0 Å². The van der Waals surface area contributed by atoms with Gasteiger partial charge in [0.15, 0.2) is 0 Å². The van der Waals surface area contributed by atoms with E-state index in [1.165, 1.54) is 0 Å². The number of ether oxygens (including phenoxy) is 2. The van der Waals surface area contributed by atoms with Crippen LogP contribution in [0.4, 0.5) is 11.4 Å². The van der Waals surface area contributed by atoms with Crippen molar-refractivity contribution in [1.82, 2.24) is 0 Å². The lowest BCUT2D eigenvalue weighted by Gasteiger charge is -2.28. The van der Waals surface area contributed by atoms with E-state index in [9.17, 15) is 9.59 Å². The lowest BCUT2D eigenvalue weighted by molar-refractivity contribution is -0.120. The largest absolute Gasteiger partial charge is 0.495 e. The third kappa shape index (κ3) is 3.98. The Morgan fingerprint density at radius 2 is 2.18 bits per heavy atom. The van der Waals surface area contributed by atoms with Crippen LogP contribution in [0.3, 0.4) is 0 Å². The molecule has 6 nitrogen and oxygen atoms in total. The van der Waals surface area contributed by atoms with Crippen molar-refractivity contribution in [3.8, 4) is 5.75 Å². The highest BCUT2D eigenvalue weighted by molar-refractivity contribution is 5.97. The van der Waals surface area contributed by atoms with Crippen LogP contribution in [0.5, 0.6) is 5.75 Å². The predicted molar refractivity (Wildman–Crippen MR) is 84.3 cm³/mol. The molecule has 2 rings (SSSR count). The van der Waals surface area contributed by atoms with Gasteiger partial charge in [-0.05, 0) is 38.0 Å². The Labute approximate surface area is 130 Å². The Bertz CT molecular complexity index is 545. The normalized spacial score (nSPS) is 14.8. The topological polar surface area (TPSA) is 67.9 Å². The summed E-state index contributed by atoms with van der Waals surface area (Å²) in [6.07, 6.45) is 2.43. The molecule has 1 saturated heterocycles. The number of hydrogen-bond acceptors (Lipinski definition) is 4. The molecular weight excluding hydrogens is 284 g/mol. The first-order valence-electron chi connectivity index (χ1n) is 7.51. The minimum atomic E-state index is -0.220. The SMILES string of the molecule is CCOCC(=O)Nc1ccc(OC)c(N2CCCCC2=O)c1. The van der Waals surface area contributed by atoms with Crippen molar-refractivity contribution in [1.29, 1.82) is 0 Å². The fourth-order valence-electron chi connectivity index (χ4n) is 2.43. The molecule has 1 heterocycles. The Morgan fingerprint density at radius 1 is 1.36 bits per heavy atom. The van der Waals surface area contributed by atoms with E-state index in [0.29, 0.717) is 36.7 Å². The summed E-state index contributed by atoms with van der Waals surface area (Å²) in [6.45, 7) is 3.01. The fourth-order valence-corrected chi connectivity index (χ4v) is 2.43. The molecule has 1 aromatic rings. The molecule has 0 saturated carbocycles. The molecule has 1 N–H and O–H groups in total. The molecule has 0 aliphatic carbocycles. The van der Waals surface area contributed by atoms with Crippen molar-refractivity contribution in [2.45, 2.75) is 26.2 Å². The van der Waals surface area contributed by atoms with E-state index in [-0.39, 0.29) is 18.4 Å². The van der Waals surface area contributed by atoms with Gasteiger partial charge in [-0.2, -0.15) is 0 Å². The van der Waals surface area contributed by atoms with Gasteiger partial charge in [0, 0.05) is 25.3 Å². The number of rotatable bonds is 6. The lowest BCUT2D eigenvalue weighted by Crippen LogP contribution is -2.35. The number of methoxy groups -OCH3 is 1. The maximum Gasteiger partial charge on any atom is 0.250 e.